The number of carbonyl (C=O) groups is 1. The Morgan fingerprint density at radius 1 is 1.46 bits per heavy atom. The van der Waals surface area contributed by atoms with Gasteiger partial charge >= 0.3 is 0 Å². The lowest BCUT2D eigenvalue weighted by Gasteiger charge is -2.13. The molecule has 1 aliphatic heterocycles. The zero-order chi connectivity index (χ0) is 16.7. The molecule has 4 rings (SSSR count). The minimum Gasteiger partial charge on any atom is -0.312 e. The first-order valence-corrected chi connectivity index (χ1v) is 8.70. The molecule has 7 nitrogen and oxygen atoms in total. The largest absolute Gasteiger partial charge is 0.312 e. The summed E-state index contributed by atoms with van der Waals surface area (Å²) in [6.07, 6.45) is 0.858. The Hall–Kier alpha value is -2.19. The first-order chi connectivity index (χ1) is 11.7. The van der Waals surface area contributed by atoms with E-state index in [4.69, 9.17) is 0 Å². The van der Waals surface area contributed by atoms with Crippen molar-refractivity contribution < 1.29 is 4.79 Å². The molecule has 3 aromatic rings. The van der Waals surface area contributed by atoms with Crippen LogP contribution in [0.3, 0.4) is 0 Å². The number of nitrogens with zero attached hydrogens (tertiary/aromatic N) is 3. The van der Waals surface area contributed by atoms with Gasteiger partial charge in [-0.1, -0.05) is 15.9 Å². The van der Waals surface area contributed by atoms with E-state index in [1.54, 1.807) is 0 Å². The summed E-state index contributed by atoms with van der Waals surface area (Å²) >= 11 is 3.45. The first-order valence-electron chi connectivity index (χ1n) is 7.91. The van der Waals surface area contributed by atoms with Crippen LogP contribution in [-0.4, -0.2) is 32.2 Å². The molecule has 1 amide bonds. The minimum absolute atomic E-state index is 0.236. The molecule has 0 saturated heterocycles. The summed E-state index contributed by atoms with van der Waals surface area (Å²) in [6.45, 7) is 4.30. The van der Waals surface area contributed by atoms with Crippen LogP contribution in [0.15, 0.2) is 22.7 Å². The van der Waals surface area contributed by atoms with Gasteiger partial charge in [0.25, 0.3) is 5.91 Å². The van der Waals surface area contributed by atoms with Crippen molar-refractivity contribution in [1.82, 2.24) is 25.1 Å². The molecule has 1 aromatic carbocycles. The van der Waals surface area contributed by atoms with Crippen molar-refractivity contribution in [2.24, 2.45) is 0 Å². The summed E-state index contributed by atoms with van der Waals surface area (Å²) in [5, 5.41) is 13.3. The number of benzene rings is 1. The third-order valence-electron chi connectivity index (χ3n) is 4.27. The highest BCUT2D eigenvalue weighted by Crippen LogP contribution is 2.24. The van der Waals surface area contributed by atoms with Crippen LogP contribution in [0.5, 0.6) is 0 Å². The number of carbonyl (C=O) groups excluding carboxylic acids is 1. The number of anilines is 1. The second kappa shape index (κ2) is 6.03. The van der Waals surface area contributed by atoms with Crippen molar-refractivity contribution in [1.29, 1.82) is 0 Å². The van der Waals surface area contributed by atoms with Crippen molar-refractivity contribution in [2.75, 3.05) is 11.9 Å². The molecular weight excluding hydrogens is 372 g/mol. The summed E-state index contributed by atoms with van der Waals surface area (Å²) in [5.41, 5.74) is 4.24. The molecule has 24 heavy (non-hydrogen) atoms. The molecule has 2 aromatic heterocycles. The van der Waals surface area contributed by atoms with Crippen molar-refractivity contribution in [3.63, 3.8) is 0 Å². The zero-order valence-corrected chi connectivity index (χ0v) is 14.8. The summed E-state index contributed by atoms with van der Waals surface area (Å²) in [5.74, 6) is 0.302. The zero-order valence-electron chi connectivity index (χ0n) is 13.2. The van der Waals surface area contributed by atoms with Crippen molar-refractivity contribution >= 4 is 38.8 Å². The van der Waals surface area contributed by atoms with E-state index in [9.17, 15) is 4.79 Å². The molecule has 1 aliphatic rings. The van der Waals surface area contributed by atoms with E-state index in [0.29, 0.717) is 24.7 Å². The number of aromatic nitrogens is 4. The van der Waals surface area contributed by atoms with E-state index >= 15 is 0 Å². The first kappa shape index (κ1) is 15.3. The van der Waals surface area contributed by atoms with E-state index in [1.807, 2.05) is 29.7 Å². The lowest BCUT2D eigenvalue weighted by atomic mass is 10.1. The highest BCUT2D eigenvalue weighted by atomic mass is 79.9. The maximum absolute atomic E-state index is 12.7. The Labute approximate surface area is 147 Å². The smallest absolute Gasteiger partial charge is 0.278 e. The molecule has 3 N–H and O–H groups in total. The number of amides is 1. The number of halogens is 1. The molecule has 8 heteroatoms. The molecule has 0 spiro atoms. The van der Waals surface area contributed by atoms with Crippen LogP contribution >= 0.6 is 15.9 Å². The highest BCUT2D eigenvalue weighted by molar-refractivity contribution is 9.10. The van der Waals surface area contributed by atoms with Crippen molar-refractivity contribution in [2.45, 2.75) is 26.4 Å². The molecule has 0 fully saturated rings. The van der Waals surface area contributed by atoms with Gasteiger partial charge in [-0.15, -0.1) is 0 Å². The lowest BCUT2D eigenvalue weighted by molar-refractivity contribution is 0.102. The van der Waals surface area contributed by atoms with Gasteiger partial charge in [0, 0.05) is 41.8 Å². The normalized spacial score (nSPS) is 13.9. The van der Waals surface area contributed by atoms with Crippen LogP contribution in [0.25, 0.3) is 11.0 Å². The third kappa shape index (κ3) is 2.51. The second-order valence-electron chi connectivity index (χ2n) is 5.72. The average Bonchev–Trinajstić information content (AvgIpc) is 3.15. The SMILES string of the molecule is CCn1c(NC(=O)c2n[nH]c3c2CNCC3)nc2cc(Br)ccc21. The summed E-state index contributed by atoms with van der Waals surface area (Å²) in [6, 6.07) is 5.90. The van der Waals surface area contributed by atoms with Gasteiger partial charge in [0.15, 0.2) is 5.69 Å². The molecule has 124 valence electrons. The fraction of sp³-hybridized carbons (Fsp3) is 0.312. The van der Waals surface area contributed by atoms with E-state index < -0.39 is 0 Å². The molecule has 0 aliphatic carbocycles. The van der Waals surface area contributed by atoms with Crippen LogP contribution in [-0.2, 0) is 19.5 Å². The second-order valence-corrected chi connectivity index (χ2v) is 6.64. The Morgan fingerprint density at radius 2 is 2.33 bits per heavy atom. The van der Waals surface area contributed by atoms with Crippen molar-refractivity contribution in [3.8, 4) is 0 Å². The highest BCUT2D eigenvalue weighted by Gasteiger charge is 2.23. The minimum atomic E-state index is -0.236. The molecule has 0 atom stereocenters. The van der Waals surface area contributed by atoms with E-state index in [2.05, 4.69) is 41.7 Å². The molecule has 0 radical (unpaired) electrons. The van der Waals surface area contributed by atoms with Gasteiger partial charge < -0.3 is 9.88 Å². The number of imidazole rings is 1. The van der Waals surface area contributed by atoms with Crippen LogP contribution in [0.2, 0.25) is 0 Å². The Balaban J connectivity index is 1.69. The standard InChI is InChI=1S/C16H17BrN6O/c1-2-23-13-4-3-9(17)7-12(13)19-16(23)20-15(24)14-10-8-18-6-5-11(10)21-22-14/h3-4,7,18H,2,5-6,8H2,1H3,(H,21,22)(H,19,20,24). The number of hydrogen-bond acceptors (Lipinski definition) is 4. The number of fused-ring (bicyclic) bond motifs is 2. The van der Waals surface area contributed by atoms with Crippen LogP contribution in [0, 0.1) is 0 Å². The van der Waals surface area contributed by atoms with Gasteiger partial charge in [0.1, 0.15) is 0 Å². The van der Waals surface area contributed by atoms with Crippen LogP contribution < -0.4 is 10.6 Å². The van der Waals surface area contributed by atoms with E-state index in [-0.39, 0.29) is 5.91 Å². The molecule has 0 unspecified atom stereocenters. The fourth-order valence-corrected chi connectivity index (χ4v) is 3.44. The summed E-state index contributed by atoms with van der Waals surface area (Å²) < 4.78 is 2.94. The quantitative estimate of drug-likeness (QED) is 0.642. The van der Waals surface area contributed by atoms with Gasteiger partial charge in [0.2, 0.25) is 5.95 Å². The molecule has 3 heterocycles. The Morgan fingerprint density at radius 3 is 3.17 bits per heavy atom. The number of hydrogen-bond donors (Lipinski definition) is 3. The van der Waals surface area contributed by atoms with Crippen LogP contribution in [0.4, 0.5) is 5.95 Å². The topological polar surface area (TPSA) is 87.6 Å². The molecule has 0 bridgehead atoms. The van der Waals surface area contributed by atoms with Gasteiger partial charge in [-0.2, -0.15) is 5.10 Å². The number of nitrogens with one attached hydrogen (secondary N) is 3. The number of aromatic amines is 1. The van der Waals surface area contributed by atoms with E-state index in [0.717, 1.165) is 39.7 Å². The third-order valence-corrected chi connectivity index (χ3v) is 4.77. The van der Waals surface area contributed by atoms with Gasteiger partial charge in [-0.25, -0.2) is 4.98 Å². The number of H-pyrrole nitrogens is 1. The monoisotopic (exact) mass is 388 g/mol. The van der Waals surface area contributed by atoms with Crippen molar-refractivity contribution in [3.05, 3.63) is 39.6 Å². The average molecular weight is 389 g/mol. The maximum Gasteiger partial charge on any atom is 0.278 e. The molecular formula is C16H17BrN6O. The van der Waals surface area contributed by atoms with Gasteiger partial charge in [0.05, 0.1) is 11.0 Å². The Kier molecular flexibility index (Phi) is 3.85. The van der Waals surface area contributed by atoms with Gasteiger partial charge in [-0.05, 0) is 25.1 Å². The summed E-state index contributed by atoms with van der Waals surface area (Å²) in [7, 11) is 0. The Bertz CT molecular complexity index is 928. The molecule has 0 saturated carbocycles. The lowest BCUT2D eigenvalue weighted by Crippen LogP contribution is -2.25. The fourth-order valence-electron chi connectivity index (χ4n) is 3.09. The predicted molar refractivity (Wildman–Crippen MR) is 95.1 cm³/mol. The number of aryl methyl sites for hydroxylation is 1. The summed E-state index contributed by atoms with van der Waals surface area (Å²) in [4.78, 5) is 17.2. The number of rotatable bonds is 3. The van der Waals surface area contributed by atoms with Gasteiger partial charge in [-0.3, -0.25) is 15.2 Å². The predicted octanol–water partition coefficient (Wildman–Crippen LogP) is 2.44. The maximum atomic E-state index is 12.7. The van der Waals surface area contributed by atoms with Crippen LogP contribution in [0.1, 0.15) is 28.7 Å². The van der Waals surface area contributed by atoms with E-state index in [1.165, 1.54) is 0 Å².